The minimum absolute atomic E-state index is 0.0396. The summed E-state index contributed by atoms with van der Waals surface area (Å²) >= 11 is 3.52. The van der Waals surface area contributed by atoms with Crippen molar-refractivity contribution in [3.05, 3.63) is 99.8 Å². The van der Waals surface area contributed by atoms with Gasteiger partial charge in [0.05, 0.1) is 19.3 Å². The molecule has 2 aliphatic rings. The van der Waals surface area contributed by atoms with Gasteiger partial charge < -0.3 is 10.1 Å². The molecule has 1 saturated carbocycles. The fourth-order valence-corrected chi connectivity index (χ4v) is 5.94. The van der Waals surface area contributed by atoms with E-state index in [0.29, 0.717) is 17.2 Å². The molecule has 3 aromatic rings. The summed E-state index contributed by atoms with van der Waals surface area (Å²) in [7, 11) is 0. The average molecular weight is 570 g/mol. The van der Waals surface area contributed by atoms with Crippen LogP contribution in [-0.4, -0.2) is 48.1 Å². The van der Waals surface area contributed by atoms with Gasteiger partial charge in [0.15, 0.2) is 0 Å². The van der Waals surface area contributed by atoms with Crippen molar-refractivity contribution in [1.82, 2.24) is 15.2 Å². The number of hydrogen-bond donors (Lipinski definition) is 1. The smallest absolute Gasteiger partial charge is 0.224 e. The molecular weight excluding hydrogens is 540 g/mol. The number of carbonyl (C=O) groups excluding carboxylic acids is 1. The van der Waals surface area contributed by atoms with Crippen molar-refractivity contribution in [2.75, 3.05) is 26.3 Å². The van der Waals surface area contributed by atoms with Crippen molar-refractivity contribution in [1.29, 1.82) is 0 Å². The van der Waals surface area contributed by atoms with Gasteiger partial charge in [0, 0.05) is 35.7 Å². The zero-order valence-corrected chi connectivity index (χ0v) is 22.0. The summed E-state index contributed by atoms with van der Waals surface area (Å²) in [6, 6.07) is 16.9. The Morgan fingerprint density at radius 3 is 2.43 bits per heavy atom. The topological polar surface area (TPSA) is 54.5 Å². The maximum atomic E-state index is 14.0. The number of halogens is 3. The van der Waals surface area contributed by atoms with Gasteiger partial charge in [-0.3, -0.25) is 9.69 Å². The van der Waals surface area contributed by atoms with E-state index in [1.54, 1.807) is 18.2 Å². The number of nitrogens with one attached hydrogen (secondary N) is 1. The van der Waals surface area contributed by atoms with Crippen LogP contribution < -0.4 is 5.32 Å². The zero-order chi connectivity index (χ0) is 25.8. The maximum absolute atomic E-state index is 14.0. The van der Waals surface area contributed by atoms with Crippen LogP contribution in [0.2, 0.25) is 0 Å². The van der Waals surface area contributed by atoms with Gasteiger partial charge in [0.25, 0.3) is 0 Å². The number of hydrogen-bond acceptors (Lipinski definition) is 4. The number of carbonyl (C=O) groups is 1. The van der Waals surface area contributed by atoms with Crippen LogP contribution in [0.4, 0.5) is 8.78 Å². The van der Waals surface area contributed by atoms with Crippen molar-refractivity contribution >= 4 is 21.8 Å². The highest BCUT2D eigenvalue weighted by Crippen LogP contribution is 2.41. The molecule has 2 fully saturated rings. The van der Waals surface area contributed by atoms with Gasteiger partial charge in [-0.25, -0.2) is 9.37 Å². The first-order valence-electron chi connectivity index (χ1n) is 12.7. The van der Waals surface area contributed by atoms with Gasteiger partial charge >= 0.3 is 0 Å². The Morgan fingerprint density at radius 1 is 1.00 bits per heavy atom. The third-order valence-electron chi connectivity index (χ3n) is 7.59. The number of ether oxygens (including phenoxy) is 1. The van der Waals surface area contributed by atoms with Crippen molar-refractivity contribution < 1.29 is 18.3 Å². The summed E-state index contributed by atoms with van der Waals surface area (Å²) in [5.74, 6) is -1.28. The summed E-state index contributed by atoms with van der Waals surface area (Å²) in [5, 5.41) is 3.17. The first kappa shape index (κ1) is 25.9. The highest BCUT2D eigenvalue weighted by molar-refractivity contribution is 9.10. The molecule has 194 valence electrons. The molecule has 5 nitrogen and oxygen atoms in total. The molecule has 4 unspecified atom stereocenters. The van der Waals surface area contributed by atoms with Gasteiger partial charge in [-0.15, -0.1) is 0 Å². The molecule has 0 bridgehead atoms. The molecule has 0 spiro atoms. The highest BCUT2D eigenvalue weighted by atomic mass is 79.9. The van der Waals surface area contributed by atoms with Crippen LogP contribution in [0.3, 0.4) is 0 Å². The summed E-state index contributed by atoms with van der Waals surface area (Å²) in [5.41, 5.74) is 2.38. The van der Waals surface area contributed by atoms with Gasteiger partial charge in [0.2, 0.25) is 11.9 Å². The van der Waals surface area contributed by atoms with Gasteiger partial charge in [-0.05, 0) is 78.3 Å². The fourth-order valence-electron chi connectivity index (χ4n) is 5.68. The Kier molecular flexibility index (Phi) is 8.27. The largest absolute Gasteiger partial charge is 0.379 e. The molecule has 0 radical (unpaired) electrons. The van der Waals surface area contributed by atoms with Crippen LogP contribution in [0.5, 0.6) is 0 Å². The van der Waals surface area contributed by atoms with Crippen LogP contribution in [-0.2, 0) is 9.53 Å². The number of rotatable bonds is 6. The number of aromatic nitrogens is 1. The van der Waals surface area contributed by atoms with Crippen molar-refractivity contribution in [3.63, 3.8) is 0 Å². The first-order chi connectivity index (χ1) is 18.0. The predicted octanol–water partition coefficient (Wildman–Crippen LogP) is 5.61. The summed E-state index contributed by atoms with van der Waals surface area (Å²) in [6.07, 6.45) is 3.93. The Labute approximate surface area is 224 Å². The highest BCUT2D eigenvalue weighted by Gasteiger charge is 2.39. The van der Waals surface area contributed by atoms with E-state index in [9.17, 15) is 13.6 Å². The standard InChI is InChI=1S/C29H30BrF2N3O2/c30-22-5-1-19(2-6-22)26-18-24(35-13-15-37-16-14-35)9-10-25(26)29(36)34-28(20-3-7-23(31)8-4-20)21-11-12-33-27(32)17-21/h1-8,11-12,17,24-26,28H,9-10,13-16,18H2,(H,34,36). The molecule has 1 N–H and O–H groups in total. The van der Waals surface area contributed by atoms with Crippen LogP contribution in [0.15, 0.2) is 71.3 Å². The molecule has 1 saturated heterocycles. The maximum Gasteiger partial charge on any atom is 0.224 e. The van der Waals surface area contributed by atoms with E-state index in [0.717, 1.165) is 55.6 Å². The SMILES string of the molecule is O=C(NC(c1ccc(F)cc1)c1ccnc(F)c1)C1CCC(N2CCOCC2)CC1c1ccc(Br)cc1. The Bertz CT molecular complexity index is 1200. The molecule has 1 aliphatic heterocycles. The summed E-state index contributed by atoms with van der Waals surface area (Å²) in [6.45, 7) is 3.31. The lowest BCUT2D eigenvalue weighted by molar-refractivity contribution is -0.127. The number of pyridine rings is 1. The fraction of sp³-hybridized carbons (Fsp3) is 0.379. The van der Waals surface area contributed by atoms with Crippen LogP contribution in [0.25, 0.3) is 0 Å². The summed E-state index contributed by atoms with van der Waals surface area (Å²) in [4.78, 5) is 20.0. The first-order valence-corrected chi connectivity index (χ1v) is 13.5. The van der Waals surface area contributed by atoms with E-state index in [-0.39, 0.29) is 23.6 Å². The molecule has 1 amide bonds. The van der Waals surface area contributed by atoms with Crippen LogP contribution >= 0.6 is 15.9 Å². The van der Waals surface area contributed by atoms with Crippen LogP contribution in [0, 0.1) is 17.7 Å². The van der Waals surface area contributed by atoms with Gasteiger partial charge in [0.1, 0.15) is 5.82 Å². The van der Waals surface area contributed by atoms with E-state index in [2.05, 4.69) is 43.3 Å². The number of nitrogens with zero attached hydrogens (tertiary/aromatic N) is 2. The molecule has 1 aromatic heterocycles. The van der Waals surface area contributed by atoms with Crippen molar-refractivity contribution in [2.45, 2.75) is 37.3 Å². The number of morpholine rings is 1. The molecule has 37 heavy (non-hydrogen) atoms. The third-order valence-corrected chi connectivity index (χ3v) is 8.12. The lowest BCUT2D eigenvalue weighted by Gasteiger charge is -2.42. The van der Waals surface area contributed by atoms with Gasteiger partial charge in [-0.1, -0.05) is 40.2 Å². The quantitative estimate of drug-likeness (QED) is 0.392. The lowest BCUT2D eigenvalue weighted by Crippen LogP contribution is -2.48. The molecule has 2 heterocycles. The summed E-state index contributed by atoms with van der Waals surface area (Å²) < 4.78 is 34.2. The third kappa shape index (κ3) is 6.25. The molecule has 8 heteroatoms. The van der Waals surface area contributed by atoms with E-state index in [1.807, 2.05) is 12.1 Å². The van der Waals surface area contributed by atoms with E-state index in [4.69, 9.17) is 4.74 Å². The normalized spacial score (nSPS) is 23.4. The average Bonchev–Trinajstić information content (AvgIpc) is 2.93. The van der Waals surface area contributed by atoms with Crippen molar-refractivity contribution in [2.24, 2.45) is 5.92 Å². The van der Waals surface area contributed by atoms with Crippen LogP contribution in [0.1, 0.15) is 47.9 Å². The number of amides is 1. The zero-order valence-electron chi connectivity index (χ0n) is 20.5. The molecule has 1 aliphatic carbocycles. The lowest BCUT2D eigenvalue weighted by atomic mass is 9.72. The molecule has 5 rings (SSSR count). The van der Waals surface area contributed by atoms with E-state index >= 15 is 0 Å². The van der Waals surface area contributed by atoms with E-state index < -0.39 is 12.0 Å². The van der Waals surface area contributed by atoms with Gasteiger partial charge in [-0.2, -0.15) is 4.39 Å². The monoisotopic (exact) mass is 569 g/mol. The number of benzene rings is 2. The minimum Gasteiger partial charge on any atom is -0.379 e. The minimum atomic E-state index is -0.627. The van der Waals surface area contributed by atoms with Crippen molar-refractivity contribution in [3.8, 4) is 0 Å². The molecule has 2 aromatic carbocycles. The second kappa shape index (κ2) is 11.8. The Balaban J connectivity index is 1.42. The van der Waals surface area contributed by atoms with E-state index in [1.165, 1.54) is 24.4 Å². The second-order valence-electron chi connectivity index (χ2n) is 9.78. The Hall–Kier alpha value is -2.68. The Morgan fingerprint density at radius 2 is 1.73 bits per heavy atom. The molecule has 4 atom stereocenters. The molecular formula is C29H30BrF2N3O2. The second-order valence-corrected chi connectivity index (χ2v) is 10.7. The predicted molar refractivity (Wildman–Crippen MR) is 141 cm³/mol.